The third kappa shape index (κ3) is 3.79. The molecular weight excluding hydrogens is 318 g/mol. The van der Waals surface area contributed by atoms with E-state index >= 15 is 0 Å². The molecule has 0 saturated heterocycles. The number of hydrogen-bond donors (Lipinski definition) is 2. The van der Waals surface area contributed by atoms with Gasteiger partial charge in [-0.05, 0) is 18.2 Å². The molecule has 0 atom stereocenters. The van der Waals surface area contributed by atoms with Crippen molar-refractivity contribution in [3.63, 3.8) is 0 Å². The summed E-state index contributed by atoms with van der Waals surface area (Å²) in [7, 11) is -3.41. The van der Waals surface area contributed by atoms with Gasteiger partial charge in [0, 0.05) is 19.1 Å². The molecule has 0 bridgehead atoms. The topological polar surface area (TPSA) is 105 Å². The lowest BCUT2D eigenvalue weighted by molar-refractivity contribution is -0.121. The van der Waals surface area contributed by atoms with Crippen molar-refractivity contribution in [2.75, 3.05) is 11.6 Å². The van der Waals surface area contributed by atoms with Crippen LogP contribution in [0.25, 0.3) is 0 Å². The van der Waals surface area contributed by atoms with E-state index < -0.39 is 15.7 Å². The van der Waals surface area contributed by atoms with Crippen molar-refractivity contribution < 1.29 is 18.0 Å². The lowest BCUT2D eigenvalue weighted by atomic mass is 10.1. The van der Waals surface area contributed by atoms with Gasteiger partial charge in [0.1, 0.15) is 5.71 Å². The summed E-state index contributed by atoms with van der Waals surface area (Å²) < 4.78 is 23.0. The molecule has 0 spiro atoms. The molecule has 2 N–H and O–H groups in total. The molecule has 0 saturated carbocycles. The third-order valence-corrected chi connectivity index (χ3v) is 4.22. The van der Waals surface area contributed by atoms with Crippen LogP contribution in [-0.2, 0) is 19.4 Å². The Morgan fingerprint density at radius 3 is 2.67 bits per heavy atom. The van der Waals surface area contributed by atoms with Gasteiger partial charge in [0.2, 0.25) is 5.91 Å². The zero-order valence-corrected chi connectivity index (χ0v) is 12.6. The van der Waals surface area contributed by atoms with Crippen molar-refractivity contribution >= 4 is 44.7 Å². The summed E-state index contributed by atoms with van der Waals surface area (Å²) >= 11 is 5.93. The van der Waals surface area contributed by atoms with Gasteiger partial charge in [0.15, 0.2) is 9.84 Å². The molecule has 2 amide bonds. The molecule has 1 aliphatic heterocycles. The molecule has 0 fully saturated rings. The second kappa shape index (κ2) is 5.82. The summed E-state index contributed by atoms with van der Waals surface area (Å²) in [5.74, 6) is -0.800. The molecule has 1 aromatic carbocycles. The lowest BCUT2D eigenvalue weighted by Crippen LogP contribution is -2.32. The van der Waals surface area contributed by atoms with E-state index in [1.807, 2.05) is 0 Å². The maximum absolute atomic E-state index is 12.0. The van der Waals surface area contributed by atoms with Crippen LogP contribution in [0, 0.1) is 0 Å². The standard InChI is InChI=1S/C12H12ClN3O4S/c1-21(19,20)7-2-3-8(13)10(6-7)14-12(18)9-4-5-11(17)16-15-9/h2-3,6H,4-5H2,1H3,(H,14,18)(H,16,17). The van der Waals surface area contributed by atoms with Crippen molar-refractivity contribution in [2.45, 2.75) is 17.7 Å². The van der Waals surface area contributed by atoms with Crippen LogP contribution in [0.1, 0.15) is 12.8 Å². The number of amides is 2. The predicted molar refractivity (Wildman–Crippen MR) is 78.0 cm³/mol. The molecule has 1 aliphatic rings. The lowest BCUT2D eigenvalue weighted by Gasteiger charge is -2.13. The van der Waals surface area contributed by atoms with Gasteiger partial charge in [-0.2, -0.15) is 5.10 Å². The average Bonchev–Trinajstić information content (AvgIpc) is 2.40. The Morgan fingerprint density at radius 2 is 2.10 bits per heavy atom. The minimum atomic E-state index is -3.41. The number of carbonyl (C=O) groups excluding carboxylic acids is 2. The maximum Gasteiger partial charge on any atom is 0.271 e. The third-order valence-electron chi connectivity index (χ3n) is 2.78. The number of hydrogen-bond acceptors (Lipinski definition) is 5. The number of benzene rings is 1. The Bertz CT molecular complexity index is 743. The van der Waals surface area contributed by atoms with E-state index in [2.05, 4.69) is 15.8 Å². The first-order valence-electron chi connectivity index (χ1n) is 5.94. The summed E-state index contributed by atoms with van der Waals surface area (Å²) in [6, 6.07) is 4.02. The summed E-state index contributed by atoms with van der Waals surface area (Å²) in [6.45, 7) is 0. The van der Waals surface area contributed by atoms with E-state index in [1.165, 1.54) is 18.2 Å². The molecular formula is C12H12ClN3O4S. The predicted octanol–water partition coefficient (Wildman–Crippen LogP) is 0.948. The Morgan fingerprint density at radius 1 is 1.38 bits per heavy atom. The summed E-state index contributed by atoms with van der Waals surface area (Å²) in [4.78, 5) is 23.0. The van der Waals surface area contributed by atoms with Gasteiger partial charge in [-0.3, -0.25) is 9.59 Å². The summed E-state index contributed by atoms with van der Waals surface area (Å²) in [6.07, 6.45) is 1.44. The van der Waals surface area contributed by atoms with Crippen molar-refractivity contribution in [3.05, 3.63) is 23.2 Å². The van der Waals surface area contributed by atoms with Gasteiger partial charge in [-0.25, -0.2) is 13.8 Å². The van der Waals surface area contributed by atoms with E-state index in [0.29, 0.717) is 0 Å². The molecule has 1 heterocycles. The van der Waals surface area contributed by atoms with Crippen molar-refractivity contribution in [2.24, 2.45) is 5.10 Å². The van der Waals surface area contributed by atoms with Crippen LogP contribution in [0.15, 0.2) is 28.2 Å². The van der Waals surface area contributed by atoms with Gasteiger partial charge in [0.25, 0.3) is 5.91 Å². The summed E-state index contributed by atoms with van der Waals surface area (Å²) in [5.41, 5.74) is 2.53. The number of nitrogens with zero attached hydrogens (tertiary/aromatic N) is 1. The van der Waals surface area contributed by atoms with Gasteiger partial charge in [-0.15, -0.1) is 0 Å². The van der Waals surface area contributed by atoms with E-state index in [9.17, 15) is 18.0 Å². The van der Waals surface area contributed by atoms with E-state index in [-0.39, 0.29) is 40.1 Å². The number of rotatable bonds is 3. The Labute approximate surface area is 126 Å². The second-order valence-electron chi connectivity index (χ2n) is 4.46. The molecule has 1 aromatic rings. The highest BCUT2D eigenvalue weighted by atomic mass is 35.5. The van der Waals surface area contributed by atoms with Gasteiger partial charge in [-0.1, -0.05) is 11.6 Å². The van der Waals surface area contributed by atoms with Crippen LogP contribution in [0.2, 0.25) is 5.02 Å². The normalized spacial score (nSPS) is 15.1. The fraction of sp³-hybridized carbons (Fsp3) is 0.250. The molecule has 7 nitrogen and oxygen atoms in total. The molecule has 0 radical (unpaired) electrons. The van der Waals surface area contributed by atoms with Crippen LogP contribution in [-0.4, -0.2) is 32.2 Å². The van der Waals surface area contributed by atoms with E-state index in [1.54, 1.807) is 0 Å². The Hall–Kier alpha value is -1.93. The molecule has 2 rings (SSSR count). The quantitative estimate of drug-likeness (QED) is 0.861. The smallest absolute Gasteiger partial charge is 0.271 e. The minimum Gasteiger partial charge on any atom is -0.319 e. The SMILES string of the molecule is CS(=O)(=O)c1ccc(Cl)c(NC(=O)C2=NNC(=O)CC2)c1. The van der Waals surface area contributed by atoms with Crippen LogP contribution >= 0.6 is 11.6 Å². The highest BCUT2D eigenvalue weighted by molar-refractivity contribution is 7.90. The fourth-order valence-corrected chi connectivity index (χ4v) is 2.48. The molecule has 0 aliphatic carbocycles. The first-order valence-corrected chi connectivity index (χ1v) is 8.20. The van der Waals surface area contributed by atoms with Crippen LogP contribution in [0.3, 0.4) is 0 Å². The minimum absolute atomic E-state index is 0.0427. The number of carbonyl (C=O) groups is 2. The van der Waals surface area contributed by atoms with Crippen molar-refractivity contribution in [1.29, 1.82) is 0 Å². The zero-order valence-electron chi connectivity index (χ0n) is 11.0. The zero-order chi connectivity index (χ0) is 15.6. The maximum atomic E-state index is 12.0. The fourth-order valence-electron chi connectivity index (χ4n) is 1.66. The van der Waals surface area contributed by atoms with Gasteiger partial charge in [0.05, 0.1) is 15.6 Å². The van der Waals surface area contributed by atoms with Gasteiger partial charge < -0.3 is 5.32 Å². The van der Waals surface area contributed by atoms with E-state index in [0.717, 1.165) is 6.26 Å². The highest BCUT2D eigenvalue weighted by Gasteiger charge is 2.19. The highest BCUT2D eigenvalue weighted by Crippen LogP contribution is 2.25. The average molecular weight is 330 g/mol. The number of hydrazone groups is 1. The number of nitrogens with one attached hydrogen (secondary N) is 2. The molecule has 0 aromatic heterocycles. The number of anilines is 1. The van der Waals surface area contributed by atoms with E-state index in [4.69, 9.17) is 11.6 Å². The Kier molecular flexibility index (Phi) is 4.29. The first-order chi connectivity index (χ1) is 9.77. The van der Waals surface area contributed by atoms with Gasteiger partial charge >= 0.3 is 0 Å². The monoisotopic (exact) mass is 329 g/mol. The Balaban J connectivity index is 2.23. The van der Waals surface area contributed by atoms with Crippen LogP contribution in [0.5, 0.6) is 0 Å². The number of halogens is 1. The van der Waals surface area contributed by atoms with Crippen molar-refractivity contribution in [3.8, 4) is 0 Å². The van der Waals surface area contributed by atoms with Crippen molar-refractivity contribution in [1.82, 2.24) is 5.43 Å². The molecule has 9 heteroatoms. The number of sulfone groups is 1. The van der Waals surface area contributed by atoms with Crippen LogP contribution < -0.4 is 10.7 Å². The first kappa shape index (κ1) is 15.5. The molecule has 0 unspecified atom stereocenters. The molecule has 112 valence electrons. The largest absolute Gasteiger partial charge is 0.319 e. The van der Waals surface area contributed by atoms with Crippen LogP contribution in [0.4, 0.5) is 5.69 Å². The second-order valence-corrected chi connectivity index (χ2v) is 6.88. The molecule has 21 heavy (non-hydrogen) atoms. The summed E-state index contributed by atoms with van der Waals surface area (Å²) in [5, 5.41) is 6.35.